The summed E-state index contributed by atoms with van der Waals surface area (Å²) in [6, 6.07) is 5.99. The quantitative estimate of drug-likeness (QED) is 0.749. The summed E-state index contributed by atoms with van der Waals surface area (Å²) >= 11 is 3.49. The molecule has 1 aromatic carbocycles. The van der Waals surface area contributed by atoms with E-state index in [2.05, 4.69) is 28.2 Å². The summed E-state index contributed by atoms with van der Waals surface area (Å²) in [6.07, 6.45) is 3.10. The predicted octanol–water partition coefficient (Wildman–Crippen LogP) is 4.26. The molecule has 0 bridgehead atoms. The number of carbonyl (C=O) groups excluding carboxylic acids is 1. The van der Waals surface area contributed by atoms with Gasteiger partial charge in [-0.1, -0.05) is 22.9 Å². The molecule has 0 radical (unpaired) electrons. The maximum absolute atomic E-state index is 13.1. The number of nitrogens with one attached hydrogen (secondary N) is 1. The van der Waals surface area contributed by atoms with E-state index in [9.17, 15) is 4.79 Å². The van der Waals surface area contributed by atoms with Crippen LogP contribution in [0.2, 0.25) is 0 Å². The lowest BCUT2D eigenvalue weighted by Gasteiger charge is -2.34. The number of ether oxygens (including phenoxy) is 1. The topological polar surface area (TPSA) is 41.6 Å². The normalized spacial score (nSPS) is 15.0. The Morgan fingerprint density at radius 3 is 2.58 bits per heavy atom. The Balaban J connectivity index is 0.00000288. The average Bonchev–Trinajstić information content (AvgIpc) is 2.51. The first-order valence-electron chi connectivity index (χ1n) is 8.50. The predicted molar refractivity (Wildman–Crippen MR) is 104 cm³/mol. The SMILES string of the molecule is CCCN(C(=O)c1cc(Br)cc(OC(C)C)c1)C1CCNCC1.Cl. The third kappa shape index (κ3) is 5.94. The molecule has 1 N–H and O–H groups in total. The van der Waals surface area contributed by atoms with E-state index in [1.165, 1.54) is 0 Å². The van der Waals surface area contributed by atoms with Crippen molar-refractivity contribution in [1.29, 1.82) is 0 Å². The third-order valence-electron chi connectivity index (χ3n) is 3.96. The molecule has 1 heterocycles. The highest BCUT2D eigenvalue weighted by Gasteiger charge is 2.26. The highest BCUT2D eigenvalue weighted by molar-refractivity contribution is 9.10. The van der Waals surface area contributed by atoms with E-state index in [0.717, 1.165) is 49.1 Å². The minimum atomic E-state index is 0. The van der Waals surface area contributed by atoms with Crippen molar-refractivity contribution >= 4 is 34.2 Å². The fourth-order valence-electron chi connectivity index (χ4n) is 3.00. The third-order valence-corrected chi connectivity index (χ3v) is 4.42. The number of hydrogen-bond donors (Lipinski definition) is 1. The molecule has 24 heavy (non-hydrogen) atoms. The van der Waals surface area contributed by atoms with Crippen LogP contribution >= 0.6 is 28.3 Å². The monoisotopic (exact) mass is 418 g/mol. The number of piperidine rings is 1. The van der Waals surface area contributed by atoms with Crippen molar-refractivity contribution in [3.05, 3.63) is 28.2 Å². The second-order valence-corrected chi connectivity index (χ2v) is 7.24. The highest BCUT2D eigenvalue weighted by Crippen LogP contribution is 2.25. The van der Waals surface area contributed by atoms with Gasteiger partial charge in [-0.3, -0.25) is 4.79 Å². The van der Waals surface area contributed by atoms with Crippen LogP contribution in [0.3, 0.4) is 0 Å². The van der Waals surface area contributed by atoms with Gasteiger partial charge in [-0.2, -0.15) is 0 Å². The number of halogens is 2. The van der Waals surface area contributed by atoms with Crippen molar-refractivity contribution in [2.24, 2.45) is 0 Å². The van der Waals surface area contributed by atoms with Gasteiger partial charge in [0.15, 0.2) is 0 Å². The molecule has 6 heteroatoms. The molecule has 1 amide bonds. The zero-order valence-electron chi connectivity index (χ0n) is 14.7. The molecule has 1 saturated heterocycles. The molecule has 0 unspecified atom stereocenters. The summed E-state index contributed by atoms with van der Waals surface area (Å²) in [7, 11) is 0. The van der Waals surface area contributed by atoms with Crippen LogP contribution in [0.15, 0.2) is 22.7 Å². The van der Waals surface area contributed by atoms with Gasteiger partial charge in [0, 0.05) is 22.6 Å². The van der Waals surface area contributed by atoms with Gasteiger partial charge in [0.1, 0.15) is 5.75 Å². The van der Waals surface area contributed by atoms with Crippen molar-refractivity contribution < 1.29 is 9.53 Å². The molecule has 1 fully saturated rings. The molecule has 136 valence electrons. The molecular weight excluding hydrogens is 392 g/mol. The first kappa shape index (κ1) is 21.3. The standard InChI is InChI=1S/C18H27BrN2O2.ClH/c1-4-9-21(16-5-7-20-8-6-16)18(22)14-10-15(19)12-17(11-14)23-13(2)3;/h10-13,16,20H,4-9H2,1-3H3;1H. The van der Waals surface area contributed by atoms with Crippen molar-refractivity contribution in [2.45, 2.75) is 52.2 Å². The maximum Gasteiger partial charge on any atom is 0.254 e. The Labute approximate surface area is 159 Å². The summed E-state index contributed by atoms with van der Waals surface area (Å²) in [5.74, 6) is 0.841. The molecule has 1 aliphatic heterocycles. The van der Waals surface area contributed by atoms with E-state index >= 15 is 0 Å². The molecule has 0 spiro atoms. The Bertz CT molecular complexity index is 534. The van der Waals surface area contributed by atoms with E-state index in [1.807, 2.05) is 36.9 Å². The minimum absolute atomic E-state index is 0. The number of benzene rings is 1. The van der Waals surface area contributed by atoms with Gasteiger partial charge in [0.25, 0.3) is 5.91 Å². The zero-order valence-corrected chi connectivity index (χ0v) is 17.1. The number of hydrogen-bond acceptors (Lipinski definition) is 3. The van der Waals surface area contributed by atoms with E-state index in [0.29, 0.717) is 11.6 Å². The Morgan fingerprint density at radius 1 is 1.33 bits per heavy atom. The second-order valence-electron chi connectivity index (χ2n) is 6.32. The lowest BCUT2D eigenvalue weighted by molar-refractivity contribution is 0.0642. The summed E-state index contributed by atoms with van der Waals surface area (Å²) in [4.78, 5) is 15.1. The molecule has 4 nitrogen and oxygen atoms in total. The van der Waals surface area contributed by atoms with Crippen LogP contribution in [0.5, 0.6) is 5.75 Å². The Kier molecular flexibility index (Phi) is 9.09. The van der Waals surface area contributed by atoms with Crippen molar-refractivity contribution in [1.82, 2.24) is 10.2 Å². The number of amides is 1. The largest absolute Gasteiger partial charge is 0.491 e. The van der Waals surface area contributed by atoms with Crippen molar-refractivity contribution in [3.63, 3.8) is 0 Å². The van der Waals surface area contributed by atoms with Crippen LogP contribution in [0.25, 0.3) is 0 Å². The average molecular weight is 420 g/mol. The minimum Gasteiger partial charge on any atom is -0.491 e. The van der Waals surface area contributed by atoms with Gasteiger partial charge < -0.3 is 15.0 Å². The fraction of sp³-hybridized carbons (Fsp3) is 0.611. The Hall–Kier alpha value is -0.780. The molecule has 0 saturated carbocycles. The van der Waals surface area contributed by atoms with E-state index < -0.39 is 0 Å². The summed E-state index contributed by atoms with van der Waals surface area (Å²) in [5, 5.41) is 3.36. The molecule has 0 aromatic heterocycles. The Morgan fingerprint density at radius 2 is 2.00 bits per heavy atom. The molecular formula is C18H28BrClN2O2. The van der Waals surface area contributed by atoms with Crippen LogP contribution in [0, 0.1) is 0 Å². The number of rotatable bonds is 6. The van der Waals surface area contributed by atoms with Gasteiger partial charge >= 0.3 is 0 Å². The van der Waals surface area contributed by atoms with Crippen LogP contribution < -0.4 is 10.1 Å². The van der Waals surface area contributed by atoms with Crippen LogP contribution in [-0.2, 0) is 0 Å². The first-order valence-corrected chi connectivity index (χ1v) is 9.29. The molecule has 0 atom stereocenters. The molecule has 2 rings (SSSR count). The first-order chi connectivity index (χ1) is 11.0. The summed E-state index contributed by atoms with van der Waals surface area (Å²) < 4.78 is 6.64. The fourth-order valence-corrected chi connectivity index (χ4v) is 3.47. The van der Waals surface area contributed by atoms with Gasteiger partial charge in [-0.05, 0) is 64.4 Å². The van der Waals surface area contributed by atoms with Crippen molar-refractivity contribution in [3.8, 4) is 5.75 Å². The van der Waals surface area contributed by atoms with Gasteiger partial charge in [0.2, 0.25) is 0 Å². The van der Waals surface area contributed by atoms with Gasteiger partial charge in [0.05, 0.1) is 6.10 Å². The second kappa shape index (κ2) is 10.3. The van der Waals surface area contributed by atoms with Crippen molar-refractivity contribution in [2.75, 3.05) is 19.6 Å². The number of carbonyl (C=O) groups is 1. The molecule has 1 aromatic rings. The number of nitrogens with zero attached hydrogens (tertiary/aromatic N) is 1. The molecule has 1 aliphatic rings. The van der Waals surface area contributed by atoms with Gasteiger partial charge in [-0.15, -0.1) is 12.4 Å². The smallest absolute Gasteiger partial charge is 0.254 e. The van der Waals surface area contributed by atoms with Crippen LogP contribution in [0.1, 0.15) is 50.4 Å². The van der Waals surface area contributed by atoms with Crippen LogP contribution in [0.4, 0.5) is 0 Å². The molecule has 0 aliphatic carbocycles. The zero-order chi connectivity index (χ0) is 16.8. The maximum atomic E-state index is 13.1. The van der Waals surface area contributed by atoms with E-state index in [-0.39, 0.29) is 24.4 Å². The summed E-state index contributed by atoms with van der Waals surface area (Å²) in [6.45, 7) is 8.87. The lowest BCUT2D eigenvalue weighted by Crippen LogP contribution is -2.46. The van der Waals surface area contributed by atoms with E-state index in [4.69, 9.17) is 4.74 Å². The van der Waals surface area contributed by atoms with Gasteiger partial charge in [-0.25, -0.2) is 0 Å². The lowest BCUT2D eigenvalue weighted by atomic mass is 10.0. The summed E-state index contributed by atoms with van der Waals surface area (Å²) in [5.41, 5.74) is 0.696. The van der Waals surface area contributed by atoms with E-state index in [1.54, 1.807) is 0 Å². The van der Waals surface area contributed by atoms with Crippen LogP contribution in [-0.4, -0.2) is 42.6 Å². The highest BCUT2D eigenvalue weighted by atomic mass is 79.9.